The molecule has 0 radical (unpaired) electrons. The molecule has 6 nitrogen and oxygen atoms in total. The normalized spacial score (nSPS) is 20.2. The number of hydrogen-bond acceptors (Lipinski definition) is 4. The molecule has 0 spiro atoms. The first-order valence-electron chi connectivity index (χ1n) is 8.32. The number of nitrogens with zero attached hydrogens (tertiary/aromatic N) is 3. The van der Waals surface area contributed by atoms with Crippen molar-refractivity contribution in [2.75, 3.05) is 26.2 Å². The Hall–Kier alpha value is -1.95. The number of aryl methyl sites for hydroxylation is 1. The van der Waals surface area contributed by atoms with Crippen molar-refractivity contribution in [2.45, 2.75) is 38.8 Å². The molecule has 2 heterocycles. The molecule has 1 aromatic rings. The number of amides is 2. The second-order valence-electron chi connectivity index (χ2n) is 6.45. The van der Waals surface area contributed by atoms with E-state index < -0.39 is 0 Å². The van der Waals surface area contributed by atoms with E-state index in [1.165, 1.54) is 0 Å². The minimum absolute atomic E-state index is 0.0246. The highest BCUT2D eigenvalue weighted by atomic mass is 16.2. The molecule has 1 aromatic heterocycles. The Balaban J connectivity index is 1.53. The predicted octanol–water partition coefficient (Wildman–Crippen LogP) is 0.815. The van der Waals surface area contributed by atoms with E-state index in [9.17, 15) is 9.59 Å². The van der Waals surface area contributed by atoms with Crippen LogP contribution < -0.4 is 5.32 Å². The molecule has 1 unspecified atom stereocenters. The maximum Gasteiger partial charge on any atom is 0.272 e. The summed E-state index contributed by atoms with van der Waals surface area (Å²) in [6.07, 6.45) is 2.20. The van der Waals surface area contributed by atoms with Crippen LogP contribution in [-0.2, 0) is 4.79 Å². The highest BCUT2D eigenvalue weighted by molar-refractivity contribution is 5.92. The maximum atomic E-state index is 12.5. The Labute approximate surface area is 136 Å². The van der Waals surface area contributed by atoms with E-state index >= 15 is 0 Å². The molecular weight excluding hydrogens is 292 g/mol. The van der Waals surface area contributed by atoms with Crippen LogP contribution in [0.15, 0.2) is 18.2 Å². The van der Waals surface area contributed by atoms with Crippen molar-refractivity contribution in [1.29, 1.82) is 0 Å². The molecule has 2 aliphatic rings. The van der Waals surface area contributed by atoms with Crippen LogP contribution in [0.5, 0.6) is 0 Å². The van der Waals surface area contributed by atoms with Gasteiger partial charge in [0.15, 0.2) is 0 Å². The average molecular weight is 316 g/mol. The van der Waals surface area contributed by atoms with E-state index in [0.717, 1.165) is 31.6 Å². The molecule has 1 N–H and O–H groups in total. The molecule has 1 atom stereocenters. The lowest BCUT2D eigenvalue weighted by Crippen LogP contribution is -2.55. The van der Waals surface area contributed by atoms with E-state index in [0.29, 0.717) is 24.8 Å². The van der Waals surface area contributed by atoms with Crippen LogP contribution >= 0.6 is 0 Å². The number of rotatable bonds is 4. The van der Waals surface area contributed by atoms with Gasteiger partial charge in [-0.3, -0.25) is 14.5 Å². The van der Waals surface area contributed by atoms with E-state index in [-0.39, 0.29) is 17.9 Å². The van der Waals surface area contributed by atoms with Gasteiger partial charge >= 0.3 is 0 Å². The number of nitrogens with one attached hydrogen (secondary N) is 1. The number of hydrogen-bond donors (Lipinski definition) is 1. The fourth-order valence-electron chi connectivity index (χ4n) is 2.85. The molecule has 3 rings (SSSR count). The molecule has 1 aliphatic heterocycles. The van der Waals surface area contributed by atoms with Crippen LogP contribution in [0.4, 0.5) is 0 Å². The first kappa shape index (κ1) is 15.9. The van der Waals surface area contributed by atoms with Crippen molar-refractivity contribution in [2.24, 2.45) is 0 Å². The monoisotopic (exact) mass is 316 g/mol. The van der Waals surface area contributed by atoms with Crippen molar-refractivity contribution in [3.63, 3.8) is 0 Å². The van der Waals surface area contributed by atoms with Gasteiger partial charge in [0.1, 0.15) is 5.69 Å². The van der Waals surface area contributed by atoms with Gasteiger partial charge in [0.05, 0.1) is 6.04 Å². The summed E-state index contributed by atoms with van der Waals surface area (Å²) in [5.41, 5.74) is 1.35. The average Bonchev–Trinajstić information content (AvgIpc) is 3.37. The van der Waals surface area contributed by atoms with Gasteiger partial charge in [0.25, 0.3) is 5.91 Å². The maximum absolute atomic E-state index is 12.5. The first-order valence-corrected chi connectivity index (χ1v) is 8.32. The summed E-state index contributed by atoms with van der Waals surface area (Å²) in [5, 5.41) is 3.05. The van der Waals surface area contributed by atoms with Gasteiger partial charge in [-0.05, 0) is 38.8 Å². The molecule has 1 aliphatic carbocycles. The predicted molar refractivity (Wildman–Crippen MR) is 87.1 cm³/mol. The molecule has 1 saturated carbocycles. The minimum atomic E-state index is -0.134. The lowest BCUT2D eigenvalue weighted by molar-refractivity contribution is -0.126. The molecule has 0 bridgehead atoms. The van der Waals surface area contributed by atoms with Crippen molar-refractivity contribution < 1.29 is 9.59 Å². The van der Waals surface area contributed by atoms with Gasteiger partial charge in [-0.2, -0.15) is 0 Å². The van der Waals surface area contributed by atoms with Crippen LogP contribution in [0.25, 0.3) is 0 Å². The van der Waals surface area contributed by atoms with Gasteiger partial charge in [-0.15, -0.1) is 0 Å². The summed E-state index contributed by atoms with van der Waals surface area (Å²) in [5.74, 6) is 0.0797. The zero-order chi connectivity index (χ0) is 16.4. The van der Waals surface area contributed by atoms with Crippen LogP contribution in [0.3, 0.4) is 0 Å². The molecule has 124 valence electrons. The van der Waals surface area contributed by atoms with Gasteiger partial charge in [0.2, 0.25) is 5.91 Å². The fraction of sp³-hybridized carbons (Fsp3) is 0.588. The largest absolute Gasteiger partial charge is 0.352 e. The van der Waals surface area contributed by atoms with Crippen molar-refractivity contribution >= 4 is 11.8 Å². The minimum Gasteiger partial charge on any atom is -0.352 e. The van der Waals surface area contributed by atoms with Crippen molar-refractivity contribution in [3.8, 4) is 0 Å². The zero-order valence-corrected chi connectivity index (χ0v) is 13.8. The lowest BCUT2D eigenvalue weighted by Gasteiger charge is -2.37. The quantitative estimate of drug-likeness (QED) is 0.893. The van der Waals surface area contributed by atoms with Crippen LogP contribution in [-0.4, -0.2) is 64.9 Å². The van der Waals surface area contributed by atoms with Crippen LogP contribution in [0, 0.1) is 6.92 Å². The van der Waals surface area contributed by atoms with Crippen LogP contribution in [0.2, 0.25) is 0 Å². The van der Waals surface area contributed by atoms with Crippen molar-refractivity contribution in [1.82, 2.24) is 20.1 Å². The lowest BCUT2D eigenvalue weighted by atomic mass is 10.2. The summed E-state index contributed by atoms with van der Waals surface area (Å²) in [7, 11) is 0. The third-order valence-corrected chi connectivity index (χ3v) is 4.56. The van der Waals surface area contributed by atoms with Gasteiger partial charge in [-0.25, -0.2) is 4.98 Å². The third kappa shape index (κ3) is 3.88. The Morgan fingerprint density at radius 3 is 2.52 bits per heavy atom. The summed E-state index contributed by atoms with van der Waals surface area (Å²) in [6.45, 7) is 6.53. The second-order valence-corrected chi connectivity index (χ2v) is 6.45. The molecule has 6 heteroatoms. The highest BCUT2D eigenvalue weighted by Gasteiger charge is 2.31. The topological polar surface area (TPSA) is 65.5 Å². The molecule has 1 saturated heterocycles. The Kier molecular flexibility index (Phi) is 4.61. The number of pyridine rings is 1. The summed E-state index contributed by atoms with van der Waals surface area (Å²) < 4.78 is 0. The van der Waals surface area contributed by atoms with Crippen molar-refractivity contribution in [3.05, 3.63) is 29.6 Å². The summed E-state index contributed by atoms with van der Waals surface area (Å²) >= 11 is 0. The molecule has 2 amide bonds. The van der Waals surface area contributed by atoms with Gasteiger partial charge in [-0.1, -0.05) is 6.07 Å². The fourth-order valence-corrected chi connectivity index (χ4v) is 2.85. The Bertz CT molecular complexity index is 592. The summed E-state index contributed by atoms with van der Waals surface area (Å²) in [4.78, 5) is 32.9. The van der Waals surface area contributed by atoms with Gasteiger partial charge in [0, 0.05) is 37.9 Å². The number of piperazine rings is 1. The first-order chi connectivity index (χ1) is 11.0. The zero-order valence-electron chi connectivity index (χ0n) is 13.8. The molecule has 23 heavy (non-hydrogen) atoms. The molecular formula is C17H24N4O2. The highest BCUT2D eigenvalue weighted by Crippen LogP contribution is 2.19. The van der Waals surface area contributed by atoms with E-state index in [1.807, 2.05) is 30.9 Å². The van der Waals surface area contributed by atoms with Gasteiger partial charge < -0.3 is 10.2 Å². The summed E-state index contributed by atoms with van der Waals surface area (Å²) in [6, 6.07) is 5.75. The second kappa shape index (κ2) is 6.66. The molecule has 2 fully saturated rings. The van der Waals surface area contributed by atoms with Crippen LogP contribution in [0.1, 0.15) is 35.9 Å². The Morgan fingerprint density at radius 1 is 1.22 bits per heavy atom. The van der Waals surface area contributed by atoms with E-state index in [2.05, 4.69) is 15.2 Å². The van der Waals surface area contributed by atoms with E-state index in [1.54, 1.807) is 6.07 Å². The smallest absolute Gasteiger partial charge is 0.272 e. The number of carbonyl (C=O) groups excluding carboxylic acids is 2. The number of carbonyl (C=O) groups is 2. The molecule has 0 aromatic carbocycles. The van der Waals surface area contributed by atoms with E-state index in [4.69, 9.17) is 0 Å². The number of aromatic nitrogens is 1. The standard InChI is InChI=1S/C17H24N4O2/c1-12-4-3-5-15(18-12)17(23)21-10-8-20(9-11-21)13(2)16(22)19-14-6-7-14/h3-5,13-14H,6-11H2,1-2H3,(H,19,22). The Morgan fingerprint density at radius 2 is 1.91 bits per heavy atom. The SMILES string of the molecule is Cc1cccc(C(=O)N2CCN(C(C)C(=O)NC3CC3)CC2)n1. The third-order valence-electron chi connectivity index (χ3n) is 4.56.